The Balaban J connectivity index is 2.56. The van der Waals surface area contributed by atoms with E-state index in [4.69, 9.17) is 9.39 Å². The van der Waals surface area contributed by atoms with E-state index in [-0.39, 0.29) is 6.01 Å². The zero-order valence-electron chi connectivity index (χ0n) is 12.9. The molecule has 0 bridgehead atoms. The van der Waals surface area contributed by atoms with Crippen molar-refractivity contribution in [3.8, 4) is 6.01 Å². The third kappa shape index (κ3) is 5.93. The van der Waals surface area contributed by atoms with Crippen LogP contribution in [-0.4, -0.2) is 46.3 Å². The molecular weight excluding hydrogens is 281 g/mol. The maximum atomic E-state index is 12.6. The largest absolute Gasteiger partial charge is 0.457 e. The number of nitrogens with zero attached hydrogens (tertiary/aromatic N) is 2. The van der Waals surface area contributed by atoms with Crippen molar-refractivity contribution in [3.63, 3.8) is 0 Å². The van der Waals surface area contributed by atoms with Gasteiger partial charge in [0.25, 0.3) is 5.92 Å². The lowest BCUT2D eigenvalue weighted by atomic mass is 9.84. The van der Waals surface area contributed by atoms with Crippen molar-refractivity contribution < 1.29 is 23.3 Å². The number of hydrogen-bond donors (Lipinski definition) is 1. The van der Waals surface area contributed by atoms with Crippen LogP contribution in [0, 0.1) is 0 Å². The predicted molar refractivity (Wildman–Crippen MR) is 75.0 cm³/mol. The average Bonchev–Trinajstić information content (AvgIpc) is 2.33. The Morgan fingerprint density at radius 3 is 2.10 bits per heavy atom. The fourth-order valence-electron chi connectivity index (χ4n) is 1.01. The topological polar surface area (TPSA) is 64.5 Å². The predicted octanol–water partition coefficient (Wildman–Crippen LogP) is 1.32. The summed E-state index contributed by atoms with van der Waals surface area (Å²) in [5.41, 5.74) is -1.32. The van der Waals surface area contributed by atoms with Crippen molar-refractivity contribution in [1.29, 1.82) is 0 Å². The van der Waals surface area contributed by atoms with Gasteiger partial charge in [0.15, 0.2) is 6.61 Å². The summed E-state index contributed by atoms with van der Waals surface area (Å²) in [4.78, 5) is 7.61. The summed E-state index contributed by atoms with van der Waals surface area (Å²) in [6.07, 6.45) is 2.77. The van der Waals surface area contributed by atoms with Gasteiger partial charge in [0.1, 0.15) is 0 Å². The molecule has 0 unspecified atom stereocenters. The Labute approximate surface area is 124 Å². The highest BCUT2D eigenvalue weighted by Gasteiger charge is 2.35. The first-order valence-corrected chi connectivity index (χ1v) is 6.47. The summed E-state index contributed by atoms with van der Waals surface area (Å²) in [5.74, 6) is -2.94. The first-order valence-electron chi connectivity index (χ1n) is 6.47. The van der Waals surface area contributed by atoms with Gasteiger partial charge in [-0.05, 0) is 33.2 Å². The van der Waals surface area contributed by atoms with Gasteiger partial charge < -0.3 is 14.5 Å². The van der Waals surface area contributed by atoms with E-state index in [1.54, 1.807) is 27.7 Å². The number of hydrogen-bond acceptors (Lipinski definition) is 5. The second-order valence-corrected chi connectivity index (χ2v) is 5.96. The maximum absolute atomic E-state index is 12.6. The SMILES string of the molecule is CC(F)(F)COc1ncc([B]OC(C)(C)C(C)(C)O)cn1. The van der Waals surface area contributed by atoms with Crippen LogP contribution in [0.15, 0.2) is 12.4 Å². The molecule has 0 aliphatic rings. The summed E-state index contributed by atoms with van der Waals surface area (Å²) in [7, 11) is 1.40. The quantitative estimate of drug-likeness (QED) is 0.770. The number of ether oxygens (including phenoxy) is 1. The molecule has 0 atom stereocenters. The van der Waals surface area contributed by atoms with Crippen LogP contribution in [0.3, 0.4) is 0 Å². The molecule has 1 radical (unpaired) electrons. The van der Waals surface area contributed by atoms with Crippen LogP contribution >= 0.6 is 0 Å². The van der Waals surface area contributed by atoms with Crippen LogP contribution in [0.25, 0.3) is 0 Å². The van der Waals surface area contributed by atoms with Gasteiger partial charge in [-0.15, -0.1) is 0 Å². The number of alkyl halides is 2. The Bertz CT molecular complexity index is 456. The highest BCUT2D eigenvalue weighted by atomic mass is 19.3. The van der Waals surface area contributed by atoms with E-state index >= 15 is 0 Å². The number of aromatic nitrogens is 2. The van der Waals surface area contributed by atoms with Gasteiger partial charge in [0.2, 0.25) is 0 Å². The van der Waals surface area contributed by atoms with Crippen LogP contribution in [-0.2, 0) is 4.65 Å². The molecule has 0 aliphatic heterocycles. The smallest absolute Gasteiger partial charge is 0.334 e. The number of aliphatic hydroxyl groups is 1. The van der Waals surface area contributed by atoms with Crippen molar-refractivity contribution in [1.82, 2.24) is 9.97 Å². The van der Waals surface area contributed by atoms with E-state index in [1.165, 1.54) is 19.9 Å². The molecule has 0 aromatic carbocycles. The minimum atomic E-state index is -2.94. The Morgan fingerprint density at radius 2 is 1.67 bits per heavy atom. The monoisotopic (exact) mass is 301 g/mol. The molecule has 1 aromatic rings. The first-order chi connectivity index (χ1) is 9.41. The zero-order valence-corrected chi connectivity index (χ0v) is 12.9. The fourth-order valence-corrected chi connectivity index (χ4v) is 1.01. The maximum Gasteiger partial charge on any atom is 0.334 e. The summed E-state index contributed by atoms with van der Waals surface area (Å²) in [5, 5.41) is 9.95. The summed E-state index contributed by atoms with van der Waals surface area (Å²) >= 11 is 0. The third-order valence-corrected chi connectivity index (χ3v) is 3.07. The van der Waals surface area contributed by atoms with E-state index in [0.717, 1.165) is 6.92 Å². The Hall–Kier alpha value is -1.28. The van der Waals surface area contributed by atoms with E-state index in [0.29, 0.717) is 5.46 Å². The molecule has 1 rings (SSSR count). The van der Waals surface area contributed by atoms with Gasteiger partial charge in [-0.3, -0.25) is 0 Å². The number of rotatable bonds is 7. The van der Waals surface area contributed by atoms with Crippen LogP contribution in [0.1, 0.15) is 34.6 Å². The molecule has 117 valence electrons. The van der Waals surface area contributed by atoms with Crippen LogP contribution < -0.4 is 10.2 Å². The minimum absolute atomic E-state index is 0.129. The highest BCUT2D eigenvalue weighted by Crippen LogP contribution is 2.24. The zero-order chi connectivity index (χ0) is 16.3. The summed E-state index contributed by atoms with van der Waals surface area (Å²) in [6.45, 7) is 6.73. The van der Waals surface area contributed by atoms with Crippen molar-refractivity contribution in [2.75, 3.05) is 6.61 Å². The summed E-state index contributed by atoms with van der Waals surface area (Å²) in [6, 6.07) is -0.129. The lowest BCUT2D eigenvalue weighted by molar-refractivity contribution is -0.0893. The molecule has 0 fully saturated rings. The van der Waals surface area contributed by atoms with Crippen LogP contribution in [0.4, 0.5) is 8.78 Å². The van der Waals surface area contributed by atoms with Crippen molar-refractivity contribution >= 4 is 12.9 Å². The van der Waals surface area contributed by atoms with Gasteiger partial charge >= 0.3 is 13.5 Å². The van der Waals surface area contributed by atoms with Gasteiger partial charge in [0.05, 0.1) is 11.2 Å². The first kappa shape index (κ1) is 17.8. The van der Waals surface area contributed by atoms with Gasteiger partial charge in [-0.25, -0.2) is 18.7 Å². The molecule has 0 saturated carbocycles. The molecule has 0 aliphatic carbocycles. The van der Waals surface area contributed by atoms with Crippen molar-refractivity contribution in [2.45, 2.75) is 51.7 Å². The van der Waals surface area contributed by atoms with Gasteiger partial charge in [0, 0.05) is 19.3 Å². The summed E-state index contributed by atoms with van der Waals surface area (Å²) < 4.78 is 35.5. The standard InChI is InChI=1S/C13H20BF2N2O3/c1-11(2,19)12(3,4)21-14-9-6-17-10(18-7-9)20-8-13(5,15)16/h6-7,19H,8H2,1-5H3. The molecule has 21 heavy (non-hydrogen) atoms. The molecule has 1 aromatic heterocycles. The highest BCUT2D eigenvalue weighted by molar-refractivity contribution is 6.46. The normalized spacial score (nSPS) is 13.1. The Kier molecular flexibility index (Phi) is 5.27. The van der Waals surface area contributed by atoms with Crippen LogP contribution in [0.2, 0.25) is 0 Å². The molecule has 0 amide bonds. The van der Waals surface area contributed by atoms with Gasteiger partial charge in [-0.2, -0.15) is 0 Å². The lowest BCUT2D eigenvalue weighted by Gasteiger charge is -2.37. The molecule has 8 heteroatoms. The van der Waals surface area contributed by atoms with Gasteiger partial charge in [-0.1, -0.05) is 0 Å². The Morgan fingerprint density at radius 1 is 1.14 bits per heavy atom. The fraction of sp³-hybridized carbons (Fsp3) is 0.692. The van der Waals surface area contributed by atoms with E-state index < -0.39 is 23.7 Å². The molecular formula is C13H20BF2N2O3. The minimum Gasteiger partial charge on any atom is -0.457 e. The average molecular weight is 301 g/mol. The van der Waals surface area contributed by atoms with Crippen molar-refractivity contribution in [3.05, 3.63) is 12.4 Å². The number of halogens is 2. The van der Waals surface area contributed by atoms with Crippen LogP contribution in [0.5, 0.6) is 6.01 Å². The van der Waals surface area contributed by atoms with E-state index in [1.807, 2.05) is 0 Å². The second-order valence-electron chi connectivity index (χ2n) is 5.96. The molecule has 5 nitrogen and oxygen atoms in total. The van der Waals surface area contributed by atoms with E-state index in [2.05, 4.69) is 9.97 Å². The molecule has 1 heterocycles. The van der Waals surface area contributed by atoms with E-state index in [9.17, 15) is 13.9 Å². The second kappa shape index (κ2) is 6.23. The van der Waals surface area contributed by atoms with Crippen molar-refractivity contribution in [2.24, 2.45) is 0 Å². The lowest BCUT2D eigenvalue weighted by Crippen LogP contribution is -2.49. The molecule has 1 N–H and O–H groups in total. The third-order valence-electron chi connectivity index (χ3n) is 3.07. The molecule has 0 saturated heterocycles. The molecule has 0 spiro atoms.